The topological polar surface area (TPSA) is 90.0 Å². The van der Waals surface area contributed by atoms with Crippen molar-refractivity contribution in [2.24, 2.45) is 5.92 Å². The van der Waals surface area contributed by atoms with Crippen molar-refractivity contribution in [1.82, 2.24) is 14.5 Å². The average molecular weight is 437 g/mol. The first-order valence-electron chi connectivity index (χ1n) is 10.5. The number of hydrogen-bond donors (Lipinski definition) is 1. The molecule has 2 amide bonds. The molecular formula is C21H32N4O4S. The van der Waals surface area contributed by atoms with Crippen molar-refractivity contribution >= 4 is 27.5 Å². The molecule has 9 heteroatoms. The van der Waals surface area contributed by atoms with Crippen LogP contribution in [0.3, 0.4) is 0 Å². The first-order chi connectivity index (χ1) is 14.2. The summed E-state index contributed by atoms with van der Waals surface area (Å²) in [6.45, 7) is 4.09. The number of fused-ring (bicyclic) bond motifs is 1. The van der Waals surface area contributed by atoms with E-state index in [9.17, 15) is 18.0 Å². The SMILES string of the molecule is CC(=O)N1CCCc2cc(S(=O)(=O)N3CCCC(C(=O)NCCN(C)C)C3)ccc21. The Balaban J connectivity index is 1.73. The summed E-state index contributed by atoms with van der Waals surface area (Å²) in [5.41, 5.74) is 1.68. The smallest absolute Gasteiger partial charge is 0.243 e. The number of rotatable bonds is 6. The van der Waals surface area contributed by atoms with Crippen LogP contribution in [0.4, 0.5) is 5.69 Å². The minimum absolute atomic E-state index is 0.0364. The lowest BCUT2D eigenvalue weighted by molar-refractivity contribution is -0.126. The lowest BCUT2D eigenvalue weighted by atomic mass is 9.99. The molecule has 166 valence electrons. The van der Waals surface area contributed by atoms with E-state index in [2.05, 4.69) is 5.32 Å². The van der Waals surface area contributed by atoms with Gasteiger partial charge in [0.15, 0.2) is 0 Å². The second-order valence-electron chi connectivity index (χ2n) is 8.36. The molecule has 30 heavy (non-hydrogen) atoms. The molecule has 1 saturated heterocycles. The number of amides is 2. The van der Waals surface area contributed by atoms with E-state index in [1.807, 2.05) is 19.0 Å². The summed E-state index contributed by atoms with van der Waals surface area (Å²) < 4.78 is 28.0. The summed E-state index contributed by atoms with van der Waals surface area (Å²) in [5, 5.41) is 2.91. The van der Waals surface area contributed by atoms with E-state index in [1.54, 1.807) is 23.1 Å². The molecule has 0 radical (unpaired) electrons. The minimum atomic E-state index is -3.69. The van der Waals surface area contributed by atoms with Gasteiger partial charge in [0.1, 0.15) is 0 Å². The predicted octanol–water partition coefficient (Wildman–Crippen LogP) is 1.06. The van der Waals surface area contributed by atoms with E-state index in [0.717, 1.165) is 30.6 Å². The van der Waals surface area contributed by atoms with Crippen LogP contribution in [0.2, 0.25) is 0 Å². The molecule has 1 fully saturated rings. The van der Waals surface area contributed by atoms with Crippen LogP contribution in [-0.2, 0) is 26.0 Å². The van der Waals surface area contributed by atoms with Gasteiger partial charge in [0.25, 0.3) is 0 Å². The van der Waals surface area contributed by atoms with Crippen LogP contribution in [0.25, 0.3) is 0 Å². The van der Waals surface area contributed by atoms with Crippen molar-refractivity contribution in [3.05, 3.63) is 23.8 Å². The van der Waals surface area contributed by atoms with Gasteiger partial charge in [0.05, 0.1) is 10.8 Å². The van der Waals surface area contributed by atoms with Crippen molar-refractivity contribution in [2.75, 3.05) is 51.7 Å². The van der Waals surface area contributed by atoms with Gasteiger partial charge in [-0.1, -0.05) is 0 Å². The Morgan fingerprint density at radius 1 is 1.20 bits per heavy atom. The number of anilines is 1. The zero-order valence-electron chi connectivity index (χ0n) is 18.1. The van der Waals surface area contributed by atoms with Crippen LogP contribution in [-0.4, -0.2) is 76.3 Å². The first kappa shape index (κ1) is 22.7. The molecule has 2 heterocycles. The second kappa shape index (κ2) is 9.45. The predicted molar refractivity (Wildman–Crippen MR) is 116 cm³/mol. The van der Waals surface area contributed by atoms with Crippen LogP contribution in [0.5, 0.6) is 0 Å². The molecule has 0 bridgehead atoms. The van der Waals surface area contributed by atoms with Gasteiger partial charge in [0.2, 0.25) is 21.8 Å². The lowest BCUT2D eigenvalue weighted by Crippen LogP contribution is -2.46. The first-order valence-corrected chi connectivity index (χ1v) is 12.0. The Morgan fingerprint density at radius 2 is 1.97 bits per heavy atom. The van der Waals surface area contributed by atoms with Crippen molar-refractivity contribution in [3.8, 4) is 0 Å². The zero-order chi connectivity index (χ0) is 21.9. The summed E-state index contributed by atoms with van der Waals surface area (Å²) in [6, 6.07) is 5.01. The molecule has 2 aliphatic heterocycles. The van der Waals surface area contributed by atoms with Crippen LogP contribution in [0, 0.1) is 5.92 Å². The van der Waals surface area contributed by atoms with Crippen LogP contribution < -0.4 is 10.2 Å². The quantitative estimate of drug-likeness (QED) is 0.720. The van der Waals surface area contributed by atoms with Crippen LogP contribution >= 0.6 is 0 Å². The van der Waals surface area contributed by atoms with Crippen LogP contribution in [0.1, 0.15) is 31.7 Å². The van der Waals surface area contributed by atoms with Gasteiger partial charge in [-0.15, -0.1) is 0 Å². The number of sulfonamides is 1. The average Bonchev–Trinajstić information content (AvgIpc) is 2.72. The fourth-order valence-corrected chi connectivity index (χ4v) is 5.71. The highest BCUT2D eigenvalue weighted by Crippen LogP contribution is 2.31. The molecule has 3 rings (SSSR count). The number of carbonyl (C=O) groups excluding carboxylic acids is 2. The fourth-order valence-electron chi connectivity index (χ4n) is 4.13. The Kier molecular flexibility index (Phi) is 7.15. The number of nitrogens with one attached hydrogen (secondary N) is 1. The maximum Gasteiger partial charge on any atom is 0.243 e. The summed E-state index contributed by atoms with van der Waals surface area (Å²) >= 11 is 0. The highest BCUT2D eigenvalue weighted by molar-refractivity contribution is 7.89. The number of carbonyl (C=O) groups is 2. The molecule has 2 aliphatic rings. The number of hydrogen-bond acceptors (Lipinski definition) is 5. The van der Waals surface area contributed by atoms with E-state index in [4.69, 9.17) is 0 Å². The standard InChI is InChI=1S/C21H32N4O4S/c1-16(26)25-12-5-6-17-14-19(8-9-20(17)25)30(28,29)24-11-4-7-18(15-24)21(27)22-10-13-23(2)3/h8-9,14,18H,4-7,10-13,15H2,1-3H3,(H,22,27). The second-order valence-corrected chi connectivity index (χ2v) is 10.3. The van der Waals surface area contributed by atoms with Gasteiger partial charge in [-0.25, -0.2) is 8.42 Å². The minimum Gasteiger partial charge on any atom is -0.355 e. The normalized spacial score (nSPS) is 20.1. The lowest BCUT2D eigenvalue weighted by Gasteiger charge is -2.32. The molecule has 0 spiro atoms. The summed E-state index contributed by atoms with van der Waals surface area (Å²) in [5.74, 6) is -0.452. The number of benzene rings is 1. The van der Waals surface area contributed by atoms with E-state index in [0.29, 0.717) is 32.5 Å². The number of piperidine rings is 1. The summed E-state index contributed by atoms with van der Waals surface area (Å²) in [4.78, 5) is 28.3. The molecule has 0 aromatic heterocycles. The van der Waals surface area contributed by atoms with Crippen molar-refractivity contribution in [1.29, 1.82) is 0 Å². The number of aryl methyl sites for hydroxylation is 1. The molecule has 1 aromatic carbocycles. The van der Waals surface area contributed by atoms with E-state index >= 15 is 0 Å². The fraction of sp³-hybridized carbons (Fsp3) is 0.619. The Labute approximate surface area is 179 Å². The maximum absolute atomic E-state index is 13.3. The van der Waals surface area contributed by atoms with Crippen molar-refractivity contribution in [2.45, 2.75) is 37.5 Å². The maximum atomic E-state index is 13.3. The van der Waals surface area contributed by atoms with Gasteiger partial charge in [-0.3, -0.25) is 9.59 Å². The van der Waals surface area contributed by atoms with E-state index < -0.39 is 10.0 Å². The van der Waals surface area contributed by atoms with Gasteiger partial charge in [-0.05, 0) is 63.5 Å². The largest absolute Gasteiger partial charge is 0.355 e. The van der Waals surface area contributed by atoms with E-state index in [-0.39, 0.29) is 29.2 Å². The summed E-state index contributed by atoms with van der Waals surface area (Å²) in [6.07, 6.45) is 2.92. The third-order valence-corrected chi connectivity index (χ3v) is 7.66. The molecule has 1 atom stereocenters. The highest BCUT2D eigenvalue weighted by atomic mass is 32.2. The van der Waals surface area contributed by atoms with Crippen LogP contribution in [0.15, 0.2) is 23.1 Å². The number of likely N-dealkylation sites (N-methyl/N-ethyl adjacent to an activating group) is 1. The van der Waals surface area contributed by atoms with Crippen molar-refractivity contribution < 1.29 is 18.0 Å². The Bertz CT molecular complexity index is 900. The highest BCUT2D eigenvalue weighted by Gasteiger charge is 2.34. The number of nitrogens with zero attached hydrogens (tertiary/aromatic N) is 3. The molecule has 0 saturated carbocycles. The third kappa shape index (κ3) is 5.01. The molecule has 0 aliphatic carbocycles. The Morgan fingerprint density at radius 3 is 2.67 bits per heavy atom. The zero-order valence-corrected chi connectivity index (χ0v) is 18.9. The van der Waals surface area contributed by atoms with Gasteiger partial charge in [-0.2, -0.15) is 4.31 Å². The van der Waals surface area contributed by atoms with Gasteiger partial charge in [0, 0.05) is 45.3 Å². The molecule has 1 aromatic rings. The third-order valence-electron chi connectivity index (χ3n) is 5.80. The Hall–Kier alpha value is -1.97. The molecular weight excluding hydrogens is 404 g/mol. The summed E-state index contributed by atoms with van der Waals surface area (Å²) in [7, 11) is 0.188. The molecule has 1 N–H and O–H groups in total. The monoisotopic (exact) mass is 436 g/mol. The van der Waals surface area contributed by atoms with Gasteiger partial charge < -0.3 is 15.1 Å². The van der Waals surface area contributed by atoms with Crippen molar-refractivity contribution in [3.63, 3.8) is 0 Å². The van der Waals surface area contributed by atoms with E-state index in [1.165, 1.54) is 11.2 Å². The molecule has 1 unspecified atom stereocenters. The molecule has 8 nitrogen and oxygen atoms in total. The van der Waals surface area contributed by atoms with Gasteiger partial charge >= 0.3 is 0 Å².